The maximum atomic E-state index is 12.4. The van der Waals surface area contributed by atoms with Crippen LogP contribution >= 0.6 is 0 Å². The molecule has 4 rings (SSSR count). The van der Waals surface area contributed by atoms with Crippen molar-refractivity contribution in [3.63, 3.8) is 0 Å². The standard InChI is InChI=1S/C18H28N2O4/c1-10(2)8-19-18(23)20-15(21)9-24-17(22)16-13-4-11-3-12(6-13)7-14(16)5-11/h10-14,16H,3-9H2,1-2H3,(H2,19,20,21,23). The second kappa shape index (κ2) is 7.11. The van der Waals surface area contributed by atoms with E-state index in [4.69, 9.17) is 4.74 Å². The first kappa shape index (κ1) is 17.2. The topological polar surface area (TPSA) is 84.5 Å². The number of carbonyl (C=O) groups is 3. The zero-order chi connectivity index (χ0) is 17.3. The average Bonchev–Trinajstić information content (AvgIpc) is 2.50. The number of urea groups is 1. The highest BCUT2D eigenvalue weighted by Gasteiger charge is 2.51. The van der Waals surface area contributed by atoms with Crippen molar-refractivity contribution in [2.24, 2.45) is 35.5 Å². The Bertz CT molecular complexity index is 489. The molecule has 4 aliphatic rings. The molecule has 0 aliphatic heterocycles. The van der Waals surface area contributed by atoms with E-state index in [1.54, 1.807) is 0 Å². The summed E-state index contributed by atoms with van der Waals surface area (Å²) in [5.41, 5.74) is 0. The van der Waals surface area contributed by atoms with Crippen molar-refractivity contribution in [2.75, 3.05) is 13.2 Å². The van der Waals surface area contributed by atoms with Crippen LogP contribution in [0.4, 0.5) is 4.79 Å². The smallest absolute Gasteiger partial charge is 0.321 e. The highest BCUT2D eigenvalue weighted by atomic mass is 16.5. The Morgan fingerprint density at radius 1 is 1.00 bits per heavy atom. The van der Waals surface area contributed by atoms with Gasteiger partial charge in [-0.1, -0.05) is 13.8 Å². The third-order valence-electron chi connectivity index (χ3n) is 5.77. The minimum atomic E-state index is -0.576. The quantitative estimate of drug-likeness (QED) is 0.753. The fourth-order valence-corrected chi connectivity index (χ4v) is 5.05. The maximum absolute atomic E-state index is 12.4. The van der Waals surface area contributed by atoms with E-state index in [1.807, 2.05) is 13.8 Å². The average molecular weight is 336 g/mol. The van der Waals surface area contributed by atoms with Gasteiger partial charge in [-0.05, 0) is 61.7 Å². The second-order valence-corrected chi connectivity index (χ2v) is 8.22. The van der Waals surface area contributed by atoms with Crippen molar-refractivity contribution in [1.82, 2.24) is 10.6 Å². The van der Waals surface area contributed by atoms with E-state index in [1.165, 1.54) is 6.42 Å². The highest BCUT2D eigenvalue weighted by Crippen LogP contribution is 2.56. The predicted octanol–water partition coefficient (Wildman–Crippen LogP) is 2.08. The first-order valence-electron chi connectivity index (χ1n) is 9.16. The molecule has 0 saturated heterocycles. The van der Waals surface area contributed by atoms with Crippen molar-refractivity contribution in [2.45, 2.75) is 46.0 Å². The van der Waals surface area contributed by atoms with Gasteiger partial charge in [0.25, 0.3) is 5.91 Å². The van der Waals surface area contributed by atoms with Crippen LogP contribution in [0.2, 0.25) is 0 Å². The van der Waals surface area contributed by atoms with E-state index in [2.05, 4.69) is 10.6 Å². The summed E-state index contributed by atoms with van der Waals surface area (Å²) in [6.45, 7) is 4.05. The molecule has 4 aliphatic carbocycles. The molecule has 6 heteroatoms. The van der Waals surface area contributed by atoms with Crippen LogP contribution in [0.5, 0.6) is 0 Å². The van der Waals surface area contributed by atoms with E-state index < -0.39 is 11.9 Å². The number of hydrogen-bond acceptors (Lipinski definition) is 4. The van der Waals surface area contributed by atoms with Crippen LogP contribution in [0.25, 0.3) is 0 Å². The van der Waals surface area contributed by atoms with E-state index in [9.17, 15) is 14.4 Å². The molecule has 0 spiro atoms. The minimum Gasteiger partial charge on any atom is -0.455 e. The molecule has 0 aromatic carbocycles. The molecule has 24 heavy (non-hydrogen) atoms. The van der Waals surface area contributed by atoms with Gasteiger partial charge in [0.05, 0.1) is 5.92 Å². The van der Waals surface area contributed by atoms with E-state index in [0.29, 0.717) is 24.3 Å². The zero-order valence-electron chi connectivity index (χ0n) is 14.5. The molecule has 0 atom stereocenters. The van der Waals surface area contributed by atoms with Crippen molar-refractivity contribution in [1.29, 1.82) is 0 Å². The SMILES string of the molecule is CC(C)CNC(=O)NC(=O)COC(=O)C1C2CC3CC(C2)CC1C3. The van der Waals surface area contributed by atoms with Gasteiger partial charge >= 0.3 is 12.0 Å². The third-order valence-corrected chi connectivity index (χ3v) is 5.77. The molecular weight excluding hydrogens is 308 g/mol. The molecule has 6 nitrogen and oxygen atoms in total. The van der Waals surface area contributed by atoms with Crippen molar-refractivity contribution < 1.29 is 19.1 Å². The number of ether oxygens (including phenoxy) is 1. The van der Waals surface area contributed by atoms with Gasteiger partial charge in [-0.2, -0.15) is 0 Å². The lowest BCUT2D eigenvalue weighted by molar-refractivity contribution is -0.164. The van der Waals surface area contributed by atoms with Crippen molar-refractivity contribution in [3.8, 4) is 0 Å². The molecule has 4 bridgehead atoms. The Labute approximate surface area is 143 Å². The largest absolute Gasteiger partial charge is 0.455 e. The van der Waals surface area contributed by atoms with Crippen LogP contribution in [0, 0.1) is 35.5 Å². The number of amides is 3. The molecule has 0 aromatic heterocycles. The fourth-order valence-electron chi connectivity index (χ4n) is 5.05. The molecule has 134 valence electrons. The van der Waals surface area contributed by atoms with E-state index >= 15 is 0 Å². The molecule has 3 amide bonds. The monoisotopic (exact) mass is 336 g/mol. The van der Waals surface area contributed by atoms with E-state index in [-0.39, 0.29) is 18.5 Å². The lowest BCUT2D eigenvalue weighted by Crippen LogP contribution is -2.49. The van der Waals surface area contributed by atoms with Crippen LogP contribution in [0.1, 0.15) is 46.0 Å². The number of nitrogens with one attached hydrogen (secondary N) is 2. The van der Waals surface area contributed by atoms with Crippen molar-refractivity contribution in [3.05, 3.63) is 0 Å². The number of rotatable bonds is 5. The van der Waals surface area contributed by atoms with Crippen LogP contribution < -0.4 is 10.6 Å². The summed E-state index contributed by atoms with van der Waals surface area (Å²) in [5.74, 6) is 1.90. The summed E-state index contributed by atoms with van der Waals surface area (Å²) in [4.78, 5) is 35.7. The van der Waals surface area contributed by atoms with Gasteiger partial charge in [0.2, 0.25) is 0 Å². The lowest BCUT2D eigenvalue weighted by atomic mass is 9.52. The first-order chi connectivity index (χ1) is 11.4. The number of carbonyl (C=O) groups excluding carboxylic acids is 3. The molecule has 0 aromatic rings. The summed E-state index contributed by atoms with van der Waals surface area (Å²) in [6, 6.07) is -0.542. The summed E-state index contributed by atoms with van der Waals surface area (Å²) in [6.07, 6.45) is 5.88. The maximum Gasteiger partial charge on any atom is 0.321 e. The molecule has 0 heterocycles. The second-order valence-electron chi connectivity index (χ2n) is 8.22. The number of hydrogen-bond donors (Lipinski definition) is 2. The Balaban J connectivity index is 1.42. The van der Waals surface area contributed by atoms with Crippen molar-refractivity contribution >= 4 is 17.9 Å². The fraction of sp³-hybridized carbons (Fsp3) is 0.833. The Kier molecular flexibility index (Phi) is 5.11. The molecule has 4 saturated carbocycles. The molecule has 0 radical (unpaired) electrons. The Morgan fingerprint density at radius 3 is 2.12 bits per heavy atom. The van der Waals surface area contributed by atoms with Gasteiger partial charge in [-0.25, -0.2) is 4.79 Å². The molecule has 4 fully saturated rings. The van der Waals surface area contributed by atoms with Gasteiger partial charge in [-0.15, -0.1) is 0 Å². The van der Waals surface area contributed by atoms with Crippen LogP contribution in [0.3, 0.4) is 0 Å². The summed E-state index contributed by atoms with van der Waals surface area (Å²) < 4.78 is 5.23. The normalized spacial score (nSPS) is 33.4. The van der Waals surface area contributed by atoms with Crippen LogP contribution in [0.15, 0.2) is 0 Å². The Morgan fingerprint density at radius 2 is 1.58 bits per heavy atom. The minimum absolute atomic E-state index is 0.0413. The van der Waals surface area contributed by atoms with Crippen LogP contribution in [-0.2, 0) is 14.3 Å². The van der Waals surface area contributed by atoms with Crippen LogP contribution in [-0.4, -0.2) is 31.1 Å². The van der Waals surface area contributed by atoms with Gasteiger partial charge in [0, 0.05) is 6.54 Å². The molecule has 2 N–H and O–H groups in total. The van der Waals surface area contributed by atoms with Gasteiger partial charge in [0.15, 0.2) is 6.61 Å². The molecule has 0 unspecified atom stereocenters. The lowest BCUT2D eigenvalue weighted by Gasteiger charge is -2.53. The number of imide groups is 1. The first-order valence-corrected chi connectivity index (χ1v) is 9.16. The highest BCUT2D eigenvalue weighted by molar-refractivity contribution is 5.95. The Hall–Kier alpha value is -1.59. The van der Waals surface area contributed by atoms with E-state index in [0.717, 1.165) is 37.5 Å². The van der Waals surface area contributed by atoms with Gasteiger partial charge in [-0.3, -0.25) is 14.9 Å². The molecular formula is C18H28N2O4. The third kappa shape index (κ3) is 3.90. The zero-order valence-corrected chi connectivity index (χ0v) is 14.5. The summed E-state index contributed by atoms with van der Waals surface area (Å²) in [7, 11) is 0. The predicted molar refractivity (Wildman–Crippen MR) is 87.9 cm³/mol. The summed E-state index contributed by atoms with van der Waals surface area (Å²) in [5, 5.41) is 4.79. The van der Waals surface area contributed by atoms with Gasteiger partial charge in [0.1, 0.15) is 0 Å². The number of esters is 1. The summed E-state index contributed by atoms with van der Waals surface area (Å²) >= 11 is 0. The van der Waals surface area contributed by atoms with Gasteiger partial charge < -0.3 is 10.1 Å².